The van der Waals surface area contributed by atoms with Crippen LogP contribution in [0, 0.1) is 5.41 Å². The number of unbranched alkanes of at least 4 members (excludes halogenated alkanes) is 1. The van der Waals surface area contributed by atoms with Crippen LogP contribution < -0.4 is 43.8 Å². The number of carbonyl (C=O) groups is 5. The van der Waals surface area contributed by atoms with Gasteiger partial charge < -0.3 is 43.8 Å². The molecule has 0 unspecified atom stereocenters. The van der Waals surface area contributed by atoms with Crippen LogP contribution in [0.5, 0.6) is 0 Å². The molecule has 0 saturated heterocycles. The van der Waals surface area contributed by atoms with Gasteiger partial charge in [0.2, 0.25) is 29.5 Å². The van der Waals surface area contributed by atoms with E-state index in [1.807, 2.05) is 36.4 Å². The largest absolute Gasteiger partial charge is 0.370 e. The van der Waals surface area contributed by atoms with Gasteiger partial charge >= 0.3 is 0 Å². The molecule has 4 atom stereocenters. The molecule has 14 nitrogen and oxygen atoms in total. The maximum atomic E-state index is 13.8. The zero-order chi connectivity index (χ0) is 33.9. The van der Waals surface area contributed by atoms with E-state index < -0.39 is 53.7 Å². The monoisotopic (exact) mass is 637 g/mol. The van der Waals surface area contributed by atoms with Gasteiger partial charge in [-0.05, 0) is 49.8 Å². The number of primary amides is 1. The summed E-state index contributed by atoms with van der Waals surface area (Å²) >= 11 is 0. The molecule has 0 spiro atoms. The molecule has 2 rings (SSSR count). The van der Waals surface area contributed by atoms with E-state index in [9.17, 15) is 24.0 Å². The molecule has 2 aromatic rings. The van der Waals surface area contributed by atoms with Gasteiger partial charge in [0.25, 0.3) is 0 Å². The van der Waals surface area contributed by atoms with Crippen LogP contribution >= 0.6 is 0 Å². The normalized spacial score (nSPS) is 13.3. The Labute approximate surface area is 269 Å². The third-order valence-electron chi connectivity index (χ3n) is 7.12. The van der Waals surface area contributed by atoms with Gasteiger partial charge in [-0.3, -0.25) is 29.4 Å². The Bertz CT molecular complexity index is 1290. The first-order valence-electron chi connectivity index (χ1n) is 15.3. The van der Waals surface area contributed by atoms with Crippen molar-refractivity contribution in [1.82, 2.24) is 26.6 Å². The summed E-state index contributed by atoms with van der Waals surface area (Å²) in [4.78, 5) is 64.8. The minimum Gasteiger partial charge on any atom is -0.370 e. The average molecular weight is 638 g/mol. The second-order valence-electron chi connectivity index (χ2n) is 11.0. The summed E-state index contributed by atoms with van der Waals surface area (Å²) in [6, 6.07) is 14.0. The fourth-order valence-electron chi connectivity index (χ4n) is 4.76. The van der Waals surface area contributed by atoms with Gasteiger partial charge in [0, 0.05) is 26.3 Å². The Morgan fingerprint density at radius 3 is 1.59 bits per heavy atom. The van der Waals surface area contributed by atoms with Crippen molar-refractivity contribution in [3.8, 4) is 0 Å². The van der Waals surface area contributed by atoms with Crippen LogP contribution in [0.4, 0.5) is 0 Å². The number of carbonyl (C=O) groups excluding carboxylic acids is 5. The van der Waals surface area contributed by atoms with Gasteiger partial charge in [-0.25, -0.2) is 0 Å². The van der Waals surface area contributed by atoms with E-state index in [0.29, 0.717) is 25.8 Å². The lowest BCUT2D eigenvalue weighted by atomic mass is 10.0. The number of guanidine groups is 1. The van der Waals surface area contributed by atoms with E-state index in [1.165, 1.54) is 6.92 Å². The first-order valence-corrected chi connectivity index (χ1v) is 15.3. The van der Waals surface area contributed by atoms with Crippen LogP contribution in [0.15, 0.2) is 60.7 Å². The number of hydrogen-bond donors (Lipinski definition) is 9. The van der Waals surface area contributed by atoms with E-state index >= 15 is 0 Å². The molecule has 0 radical (unpaired) electrons. The number of nitrogens with one attached hydrogen (secondary N) is 6. The molecule has 46 heavy (non-hydrogen) atoms. The highest BCUT2D eigenvalue weighted by molar-refractivity contribution is 5.95. The van der Waals surface area contributed by atoms with Crippen molar-refractivity contribution in [1.29, 1.82) is 5.41 Å². The fourth-order valence-corrected chi connectivity index (χ4v) is 4.76. The molecule has 2 aromatic carbocycles. The predicted octanol–water partition coefficient (Wildman–Crippen LogP) is -0.692. The van der Waals surface area contributed by atoms with E-state index in [2.05, 4.69) is 26.6 Å². The molecule has 250 valence electrons. The van der Waals surface area contributed by atoms with Crippen molar-refractivity contribution in [3.05, 3.63) is 71.8 Å². The standard InChI is InChI=1S/C32H47N9O5/c1-21(42)38-26(19-22-11-4-2-5-12-22)30(45)40-25(16-10-18-37-32(35)36)29(44)41-27(20-23-13-6-3-7-14-23)31(46)39-24(28(34)43)15-8-9-17-33/h2-7,11-14,24-27H,8-10,15-20,33H2,1H3,(H2,34,43)(H,38,42)(H,39,46)(H,40,45)(H,41,44)(H4,35,36,37)/t24-,25+,26-,27-/m0/s1. The maximum Gasteiger partial charge on any atom is 0.243 e. The Hall–Kier alpha value is -4.98. The zero-order valence-corrected chi connectivity index (χ0v) is 26.2. The van der Waals surface area contributed by atoms with E-state index in [-0.39, 0.29) is 38.2 Å². The molecule has 12 N–H and O–H groups in total. The van der Waals surface area contributed by atoms with Gasteiger partial charge in [0.1, 0.15) is 24.2 Å². The lowest BCUT2D eigenvalue weighted by Crippen LogP contribution is -2.58. The molecule has 0 heterocycles. The van der Waals surface area contributed by atoms with E-state index in [1.54, 1.807) is 24.3 Å². The molecular weight excluding hydrogens is 590 g/mol. The Morgan fingerprint density at radius 2 is 1.11 bits per heavy atom. The topological polar surface area (TPSA) is 247 Å². The summed E-state index contributed by atoms with van der Waals surface area (Å²) in [6.07, 6.45) is 2.25. The summed E-state index contributed by atoms with van der Waals surface area (Å²) in [5.74, 6) is -3.21. The highest BCUT2D eigenvalue weighted by Gasteiger charge is 2.31. The highest BCUT2D eigenvalue weighted by Crippen LogP contribution is 2.09. The average Bonchev–Trinajstić information content (AvgIpc) is 3.01. The highest BCUT2D eigenvalue weighted by atomic mass is 16.2. The number of hydrogen-bond acceptors (Lipinski definition) is 7. The summed E-state index contributed by atoms with van der Waals surface area (Å²) in [5, 5.41) is 20.8. The minimum absolute atomic E-state index is 0.0990. The fraction of sp³-hybridized carbons (Fsp3) is 0.438. The first kappa shape index (κ1) is 37.2. The second kappa shape index (κ2) is 20.1. The smallest absolute Gasteiger partial charge is 0.243 e. The van der Waals surface area contributed by atoms with Crippen molar-refractivity contribution < 1.29 is 24.0 Å². The number of amides is 5. The predicted molar refractivity (Wildman–Crippen MR) is 175 cm³/mol. The number of benzene rings is 2. The molecule has 0 aliphatic carbocycles. The van der Waals surface area contributed by atoms with Gasteiger partial charge in [-0.1, -0.05) is 60.7 Å². The Balaban J connectivity index is 2.30. The molecule has 5 amide bonds. The van der Waals surface area contributed by atoms with Crippen LogP contribution in [-0.2, 0) is 36.8 Å². The van der Waals surface area contributed by atoms with Gasteiger partial charge in [-0.2, -0.15) is 0 Å². The van der Waals surface area contributed by atoms with E-state index in [4.69, 9.17) is 22.6 Å². The van der Waals surface area contributed by atoms with Crippen LogP contribution in [0.1, 0.15) is 50.2 Å². The van der Waals surface area contributed by atoms with Crippen LogP contribution in [0.3, 0.4) is 0 Å². The number of nitrogens with two attached hydrogens (primary N) is 3. The zero-order valence-electron chi connectivity index (χ0n) is 26.2. The van der Waals surface area contributed by atoms with Crippen molar-refractivity contribution in [2.75, 3.05) is 13.1 Å². The molecule has 0 saturated carbocycles. The Kier molecular flexibility index (Phi) is 16.3. The van der Waals surface area contributed by atoms with Crippen molar-refractivity contribution >= 4 is 35.5 Å². The van der Waals surface area contributed by atoms with Gasteiger partial charge in [0.15, 0.2) is 5.96 Å². The number of rotatable bonds is 20. The third-order valence-corrected chi connectivity index (χ3v) is 7.12. The van der Waals surface area contributed by atoms with Gasteiger partial charge in [0.05, 0.1) is 0 Å². The molecule has 14 heteroatoms. The molecule has 0 fully saturated rings. The summed E-state index contributed by atoms with van der Waals surface area (Å²) in [5.41, 5.74) is 18.0. The molecule has 0 aliphatic heterocycles. The summed E-state index contributed by atoms with van der Waals surface area (Å²) in [7, 11) is 0. The Morgan fingerprint density at radius 1 is 0.652 bits per heavy atom. The lowest BCUT2D eigenvalue weighted by Gasteiger charge is -2.26. The minimum atomic E-state index is -1.11. The quantitative estimate of drug-likeness (QED) is 0.0509. The van der Waals surface area contributed by atoms with Gasteiger partial charge in [-0.15, -0.1) is 0 Å². The SMILES string of the molecule is CC(=O)N[C@@H](Cc1ccccc1)C(=O)N[C@H](CCCNC(=N)N)C(=O)N[C@@H](Cc1ccccc1)C(=O)N[C@@H](CCCCN)C(N)=O. The summed E-state index contributed by atoms with van der Waals surface area (Å²) in [6.45, 7) is 1.98. The molecule has 0 aromatic heterocycles. The summed E-state index contributed by atoms with van der Waals surface area (Å²) < 4.78 is 0. The van der Waals surface area contributed by atoms with Crippen molar-refractivity contribution in [2.45, 2.75) is 76.0 Å². The third kappa shape index (κ3) is 14.2. The first-order chi connectivity index (χ1) is 22.0. The van der Waals surface area contributed by atoms with Crippen molar-refractivity contribution in [3.63, 3.8) is 0 Å². The van der Waals surface area contributed by atoms with Crippen molar-refractivity contribution in [2.24, 2.45) is 17.2 Å². The molecule has 0 bridgehead atoms. The second-order valence-corrected chi connectivity index (χ2v) is 11.0. The van der Waals surface area contributed by atoms with Crippen LogP contribution in [0.25, 0.3) is 0 Å². The van der Waals surface area contributed by atoms with E-state index in [0.717, 1.165) is 11.1 Å². The molecular formula is C32H47N9O5. The maximum absolute atomic E-state index is 13.8. The lowest BCUT2D eigenvalue weighted by molar-refractivity contribution is -0.134. The van der Waals surface area contributed by atoms with Crippen LogP contribution in [0.2, 0.25) is 0 Å². The van der Waals surface area contributed by atoms with Crippen LogP contribution in [-0.4, -0.2) is 72.8 Å². The molecule has 0 aliphatic rings.